The summed E-state index contributed by atoms with van der Waals surface area (Å²) >= 11 is 5.95. The molecule has 0 aromatic heterocycles. The van der Waals surface area contributed by atoms with E-state index in [2.05, 4.69) is 12.2 Å². The van der Waals surface area contributed by atoms with Gasteiger partial charge in [-0.1, -0.05) is 24.9 Å². The quantitative estimate of drug-likeness (QED) is 0.875. The molecule has 1 N–H and O–H groups in total. The van der Waals surface area contributed by atoms with Gasteiger partial charge in [-0.05, 0) is 24.6 Å². The van der Waals surface area contributed by atoms with Crippen LogP contribution in [0.15, 0.2) is 18.2 Å². The van der Waals surface area contributed by atoms with Crippen LogP contribution in [0.4, 0.5) is 5.69 Å². The standard InChI is InChI=1S/C16H21ClN2O3/c1-3-4-7-19-10-11(8-15(19)20)16(21)18-13-9-12(17)5-6-14(13)22-2/h5-6,9,11H,3-4,7-8,10H2,1-2H3,(H,18,21). The monoisotopic (exact) mass is 324 g/mol. The van der Waals surface area contributed by atoms with Gasteiger partial charge in [-0.25, -0.2) is 0 Å². The van der Waals surface area contributed by atoms with Crippen molar-refractivity contribution in [1.82, 2.24) is 4.90 Å². The number of hydrogen-bond donors (Lipinski definition) is 1. The van der Waals surface area contributed by atoms with Gasteiger partial charge >= 0.3 is 0 Å². The molecule has 5 nitrogen and oxygen atoms in total. The van der Waals surface area contributed by atoms with Gasteiger partial charge in [0.2, 0.25) is 11.8 Å². The summed E-state index contributed by atoms with van der Waals surface area (Å²) in [5.41, 5.74) is 0.527. The maximum atomic E-state index is 12.4. The zero-order chi connectivity index (χ0) is 16.1. The number of rotatable bonds is 6. The molecule has 2 rings (SSSR count). The average molecular weight is 325 g/mol. The van der Waals surface area contributed by atoms with Crippen LogP contribution in [0.25, 0.3) is 0 Å². The molecule has 0 radical (unpaired) electrons. The van der Waals surface area contributed by atoms with Crippen LogP contribution in [0.3, 0.4) is 0 Å². The Balaban J connectivity index is 2.01. The highest BCUT2D eigenvalue weighted by Gasteiger charge is 2.34. The number of amides is 2. The zero-order valence-electron chi connectivity index (χ0n) is 12.9. The van der Waals surface area contributed by atoms with E-state index in [9.17, 15) is 9.59 Å². The third-order valence-corrected chi connectivity index (χ3v) is 4.02. The van der Waals surface area contributed by atoms with E-state index in [0.29, 0.717) is 23.0 Å². The molecule has 0 aliphatic carbocycles. The van der Waals surface area contributed by atoms with Crippen molar-refractivity contribution in [2.45, 2.75) is 26.2 Å². The highest BCUT2D eigenvalue weighted by molar-refractivity contribution is 6.31. The Morgan fingerprint density at radius 3 is 2.95 bits per heavy atom. The first kappa shape index (κ1) is 16.6. The summed E-state index contributed by atoms with van der Waals surface area (Å²) in [6, 6.07) is 5.04. The molecule has 1 heterocycles. The van der Waals surface area contributed by atoms with Crippen LogP contribution in [0.2, 0.25) is 5.02 Å². The van der Waals surface area contributed by atoms with E-state index in [-0.39, 0.29) is 24.2 Å². The zero-order valence-corrected chi connectivity index (χ0v) is 13.7. The summed E-state index contributed by atoms with van der Waals surface area (Å²) in [6.07, 6.45) is 2.25. The number of carbonyl (C=O) groups is 2. The van der Waals surface area contributed by atoms with Crippen LogP contribution >= 0.6 is 11.6 Å². The van der Waals surface area contributed by atoms with Crippen molar-refractivity contribution < 1.29 is 14.3 Å². The van der Waals surface area contributed by atoms with Crippen LogP contribution in [0.5, 0.6) is 5.75 Å². The average Bonchev–Trinajstić information content (AvgIpc) is 2.86. The molecule has 0 spiro atoms. The third kappa shape index (κ3) is 3.91. The van der Waals surface area contributed by atoms with E-state index in [1.807, 2.05) is 0 Å². The van der Waals surface area contributed by atoms with Crippen molar-refractivity contribution in [3.05, 3.63) is 23.2 Å². The van der Waals surface area contributed by atoms with E-state index >= 15 is 0 Å². The number of methoxy groups -OCH3 is 1. The molecule has 1 unspecified atom stereocenters. The van der Waals surface area contributed by atoms with Gasteiger partial charge in [0.1, 0.15) is 5.75 Å². The summed E-state index contributed by atoms with van der Waals surface area (Å²) in [5, 5.41) is 3.33. The fourth-order valence-electron chi connectivity index (χ4n) is 2.53. The fraction of sp³-hybridized carbons (Fsp3) is 0.500. The topological polar surface area (TPSA) is 58.6 Å². The molecule has 2 amide bonds. The van der Waals surface area contributed by atoms with Crippen LogP contribution in [-0.2, 0) is 9.59 Å². The number of anilines is 1. The van der Waals surface area contributed by atoms with Gasteiger partial charge in [-0.2, -0.15) is 0 Å². The first-order valence-corrected chi connectivity index (χ1v) is 7.85. The summed E-state index contributed by atoms with van der Waals surface area (Å²) in [5.74, 6) is 0.0949. The van der Waals surface area contributed by atoms with E-state index in [1.165, 1.54) is 7.11 Å². The molecule has 1 aromatic carbocycles. The molecule has 6 heteroatoms. The van der Waals surface area contributed by atoms with Crippen molar-refractivity contribution >= 4 is 29.1 Å². The lowest BCUT2D eigenvalue weighted by Crippen LogP contribution is -2.29. The maximum Gasteiger partial charge on any atom is 0.229 e. The van der Waals surface area contributed by atoms with Crippen LogP contribution < -0.4 is 10.1 Å². The van der Waals surface area contributed by atoms with E-state index in [1.54, 1.807) is 23.1 Å². The van der Waals surface area contributed by atoms with E-state index in [0.717, 1.165) is 19.4 Å². The predicted octanol–water partition coefficient (Wildman–Crippen LogP) is 2.94. The van der Waals surface area contributed by atoms with Crippen LogP contribution in [0, 0.1) is 5.92 Å². The number of unbranched alkanes of at least 4 members (excludes halogenated alkanes) is 1. The number of halogens is 1. The molecule has 120 valence electrons. The second-order valence-electron chi connectivity index (χ2n) is 5.43. The number of hydrogen-bond acceptors (Lipinski definition) is 3. The second-order valence-corrected chi connectivity index (χ2v) is 5.86. The lowest BCUT2D eigenvalue weighted by atomic mass is 10.1. The lowest BCUT2D eigenvalue weighted by molar-refractivity contribution is -0.128. The summed E-state index contributed by atoms with van der Waals surface area (Å²) in [6.45, 7) is 3.28. The molecule has 1 atom stereocenters. The Labute approximate surface area is 135 Å². The molecular weight excluding hydrogens is 304 g/mol. The normalized spacial score (nSPS) is 17.7. The van der Waals surface area contributed by atoms with Gasteiger partial charge in [-0.15, -0.1) is 0 Å². The SMILES string of the molecule is CCCCN1CC(C(=O)Nc2cc(Cl)ccc2OC)CC1=O. The Morgan fingerprint density at radius 2 is 2.27 bits per heavy atom. The minimum absolute atomic E-state index is 0.0478. The largest absolute Gasteiger partial charge is 0.495 e. The van der Waals surface area contributed by atoms with Crippen molar-refractivity contribution in [2.75, 3.05) is 25.5 Å². The molecule has 0 saturated carbocycles. The Morgan fingerprint density at radius 1 is 1.50 bits per heavy atom. The molecule has 1 aromatic rings. The Hall–Kier alpha value is -1.75. The van der Waals surface area contributed by atoms with Gasteiger partial charge in [0, 0.05) is 24.5 Å². The number of benzene rings is 1. The predicted molar refractivity (Wildman–Crippen MR) is 86.2 cm³/mol. The Kier molecular flexibility index (Phi) is 5.66. The van der Waals surface area contributed by atoms with Crippen LogP contribution in [-0.4, -0.2) is 36.9 Å². The van der Waals surface area contributed by atoms with Gasteiger partial charge in [-0.3, -0.25) is 9.59 Å². The molecule has 1 saturated heterocycles. The van der Waals surface area contributed by atoms with Gasteiger partial charge in [0.05, 0.1) is 18.7 Å². The number of nitrogens with one attached hydrogen (secondary N) is 1. The van der Waals surface area contributed by atoms with Crippen molar-refractivity contribution in [2.24, 2.45) is 5.92 Å². The first-order valence-electron chi connectivity index (χ1n) is 7.47. The van der Waals surface area contributed by atoms with Crippen LogP contribution in [0.1, 0.15) is 26.2 Å². The minimum Gasteiger partial charge on any atom is -0.495 e. The molecule has 0 bridgehead atoms. The minimum atomic E-state index is -0.326. The van der Waals surface area contributed by atoms with Gasteiger partial charge < -0.3 is 15.0 Å². The summed E-state index contributed by atoms with van der Waals surface area (Å²) in [4.78, 5) is 26.1. The van der Waals surface area contributed by atoms with E-state index < -0.39 is 0 Å². The third-order valence-electron chi connectivity index (χ3n) is 3.79. The highest BCUT2D eigenvalue weighted by atomic mass is 35.5. The van der Waals surface area contributed by atoms with Crippen molar-refractivity contribution in [1.29, 1.82) is 0 Å². The summed E-state index contributed by atoms with van der Waals surface area (Å²) in [7, 11) is 1.53. The highest BCUT2D eigenvalue weighted by Crippen LogP contribution is 2.29. The number of ether oxygens (including phenoxy) is 1. The number of likely N-dealkylation sites (tertiary alicyclic amines) is 1. The molecule has 1 fully saturated rings. The summed E-state index contributed by atoms with van der Waals surface area (Å²) < 4.78 is 5.21. The maximum absolute atomic E-state index is 12.4. The molecule has 1 aliphatic heterocycles. The lowest BCUT2D eigenvalue weighted by Gasteiger charge is -2.16. The smallest absolute Gasteiger partial charge is 0.229 e. The molecule has 1 aliphatic rings. The van der Waals surface area contributed by atoms with Crippen molar-refractivity contribution in [3.8, 4) is 5.75 Å². The fourth-order valence-corrected chi connectivity index (χ4v) is 2.70. The van der Waals surface area contributed by atoms with Crippen molar-refractivity contribution in [3.63, 3.8) is 0 Å². The van der Waals surface area contributed by atoms with Gasteiger partial charge in [0.15, 0.2) is 0 Å². The second kappa shape index (κ2) is 7.49. The van der Waals surface area contributed by atoms with Gasteiger partial charge in [0.25, 0.3) is 0 Å². The first-order chi connectivity index (χ1) is 10.5. The molecule has 22 heavy (non-hydrogen) atoms. The van der Waals surface area contributed by atoms with E-state index in [4.69, 9.17) is 16.3 Å². The number of carbonyl (C=O) groups excluding carboxylic acids is 2. The number of nitrogens with zero attached hydrogens (tertiary/aromatic N) is 1. The molecular formula is C16H21ClN2O3. The Bertz CT molecular complexity index is 562.